The average Bonchev–Trinajstić information content (AvgIpc) is 2.72. The number of hydrogen-bond donors (Lipinski definition) is 3. The molecule has 0 aromatic carbocycles. The fourth-order valence-corrected chi connectivity index (χ4v) is 2.22. The van der Waals surface area contributed by atoms with Gasteiger partial charge in [-0.25, -0.2) is 0 Å². The van der Waals surface area contributed by atoms with Crippen molar-refractivity contribution in [2.75, 3.05) is 11.9 Å². The summed E-state index contributed by atoms with van der Waals surface area (Å²) >= 11 is 1.21. The van der Waals surface area contributed by atoms with Crippen molar-refractivity contribution in [3.05, 3.63) is 17.0 Å². The van der Waals surface area contributed by atoms with Crippen LogP contribution < -0.4 is 10.6 Å². The fourth-order valence-electron chi connectivity index (χ4n) is 1.36. The van der Waals surface area contributed by atoms with Gasteiger partial charge in [0.2, 0.25) is 5.91 Å². The van der Waals surface area contributed by atoms with E-state index >= 15 is 0 Å². The van der Waals surface area contributed by atoms with Crippen LogP contribution in [-0.2, 0) is 4.79 Å². The Morgan fingerprint density at radius 1 is 1.39 bits per heavy atom. The Bertz CT molecular complexity index is 429. The summed E-state index contributed by atoms with van der Waals surface area (Å²) in [7, 11) is 0. The Labute approximate surface area is 110 Å². The van der Waals surface area contributed by atoms with Gasteiger partial charge < -0.3 is 15.7 Å². The van der Waals surface area contributed by atoms with Crippen molar-refractivity contribution in [1.29, 1.82) is 0 Å². The van der Waals surface area contributed by atoms with Gasteiger partial charge in [-0.1, -0.05) is 13.8 Å². The van der Waals surface area contributed by atoms with Crippen molar-refractivity contribution >= 4 is 28.2 Å². The lowest BCUT2D eigenvalue weighted by molar-refractivity contribution is -0.114. The molecular weight excluding hydrogens is 252 g/mol. The third-order valence-electron chi connectivity index (χ3n) is 2.45. The molecule has 0 aliphatic rings. The van der Waals surface area contributed by atoms with Gasteiger partial charge >= 0.3 is 0 Å². The highest BCUT2D eigenvalue weighted by Crippen LogP contribution is 2.22. The Balaban J connectivity index is 2.66. The molecule has 18 heavy (non-hydrogen) atoms. The van der Waals surface area contributed by atoms with Gasteiger partial charge in [0.05, 0.1) is 22.5 Å². The van der Waals surface area contributed by atoms with Crippen molar-refractivity contribution in [3.8, 4) is 0 Å². The van der Waals surface area contributed by atoms with Crippen molar-refractivity contribution in [1.82, 2.24) is 5.32 Å². The number of amides is 2. The molecule has 1 aromatic rings. The van der Waals surface area contributed by atoms with E-state index in [2.05, 4.69) is 10.6 Å². The van der Waals surface area contributed by atoms with E-state index < -0.39 is 0 Å². The first kappa shape index (κ1) is 14.7. The topological polar surface area (TPSA) is 78.4 Å². The zero-order valence-electron chi connectivity index (χ0n) is 10.7. The fraction of sp³-hybridized carbons (Fsp3) is 0.500. The molecule has 0 bridgehead atoms. The number of rotatable bonds is 5. The Morgan fingerprint density at radius 3 is 2.56 bits per heavy atom. The molecule has 1 atom stereocenters. The van der Waals surface area contributed by atoms with Crippen LogP contribution in [0.1, 0.15) is 30.4 Å². The number of anilines is 1. The Morgan fingerprint density at radius 2 is 2.06 bits per heavy atom. The number of nitrogens with one attached hydrogen (secondary N) is 2. The van der Waals surface area contributed by atoms with Crippen molar-refractivity contribution in [2.45, 2.75) is 26.8 Å². The maximum absolute atomic E-state index is 11.9. The SMILES string of the molecule is CC(=O)Nc1ccc(C(=O)N[C@H](CO)C(C)C)s1. The van der Waals surface area contributed by atoms with Crippen LogP contribution in [0.15, 0.2) is 12.1 Å². The Hall–Kier alpha value is -1.40. The minimum absolute atomic E-state index is 0.0899. The molecule has 2 amide bonds. The summed E-state index contributed by atoms with van der Waals surface area (Å²) in [6.45, 7) is 5.18. The first-order valence-electron chi connectivity index (χ1n) is 5.73. The Kier molecular flexibility index (Phi) is 5.30. The molecule has 1 rings (SSSR count). The van der Waals surface area contributed by atoms with Crippen LogP contribution in [0.3, 0.4) is 0 Å². The van der Waals surface area contributed by atoms with E-state index in [0.717, 1.165) is 0 Å². The van der Waals surface area contributed by atoms with Gasteiger partial charge in [-0.05, 0) is 18.1 Å². The van der Waals surface area contributed by atoms with E-state index in [9.17, 15) is 9.59 Å². The molecule has 0 unspecified atom stereocenters. The van der Waals surface area contributed by atoms with Crippen LogP contribution >= 0.6 is 11.3 Å². The summed E-state index contributed by atoms with van der Waals surface area (Å²) in [6, 6.07) is 3.08. The van der Waals surface area contributed by atoms with E-state index in [1.165, 1.54) is 18.3 Å². The number of aliphatic hydroxyl groups excluding tert-OH is 1. The summed E-state index contributed by atoms with van der Waals surface area (Å²) in [6.07, 6.45) is 0. The zero-order chi connectivity index (χ0) is 13.7. The van der Waals surface area contributed by atoms with Gasteiger partial charge in [0.15, 0.2) is 0 Å². The van der Waals surface area contributed by atoms with Crippen LogP contribution in [0.4, 0.5) is 5.00 Å². The third kappa shape index (κ3) is 4.12. The van der Waals surface area contributed by atoms with Gasteiger partial charge in [0, 0.05) is 6.92 Å². The number of thiophene rings is 1. The predicted octanol–water partition coefficient (Wildman–Crippen LogP) is 1.45. The maximum atomic E-state index is 11.9. The second-order valence-electron chi connectivity index (χ2n) is 4.35. The van der Waals surface area contributed by atoms with Crippen molar-refractivity contribution in [3.63, 3.8) is 0 Å². The molecule has 0 spiro atoms. The summed E-state index contributed by atoms with van der Waals surface area (Å²) in [5.74, 6) is -0.239. The molecule has 0 saturated carbocycles. The van der Waals surface area contributed by atoms with E-state index in [-0.39, 0.29) is 30.4 Å². The van der Waals surface area contributed by atoms with Gasteiger partial charge in [0.1, 0.15) is 0 Å². The molecule has 100 valence electrons. The van der Waals surface area contributed by atoms with E-state index in [1.807, 2.05) is 13.8 Å². The van der Waals surface area contributed by atoms with E-state index in [4.69, 9.17) is 5.11 Å². The smallest absolute Gasteiger partial charge is 0.261 e. The first-order valence-corrected chi connectivity index (χ1v) is 6.54. The summed E-state index contributed by atoms with van der Waals surface area (Å²) in [4.78, 5) is 23.3. The molecule has 5 nitrogen and oxygen atoms in total. The normalized spacial score (nSPS) is 12.3. The number of carbonyl (C=O) groups is 2. The van der Waals surface area contributed by atoms with Gasteiger partial charge in [-0.3, -0.25) is 9.59 Å². The molecule has 0 aliphatic heterocycles. The van der Waals surface area contributed by atoms with Crippen LogP contribution in [-0.4, -0.2) is 29.6 Å². The lowest BCUT2D eigenvalue weighted by Crippen LogP contribution is -2.40. The highest BCUT2D eigenvalue weighted by molar-refractivity contribution is 7.18. The molecular formula is C12H18N2O3S. The van der Waals surface area contributed by atoms with Gasteiger partial charge in [0.25, 0.3) is 5.91 Å². The lowest BCUT2D eigenvalue weighted by Gasteiger charge is -2.19. The summed E-state index contributed by atoms with van der Waals surface area (Å²) in [5, 5.41) is 15.2. The van der Waals surface area contributed by atoms with Gasteiger partial charge in [-0.2, -0.15) is 0 Å². The molecule has 1 heterocycles. The second-order valence-corrected chi connectivity index (χ2v) is 5.44. The van der Waals surface area contributed by atoms with Gasteiger partial charge in [-0.15, -0.1) is 11.3 Å². The monoisotopic (exact) mass is 270 g/mol. The van der Waals surface area contributed by atoms with Crippen molar-refractivity contribution in [2.24, 2.45) is 5.92 Å². The largest absolute Gasteiger partial charge is 0.394 e. The first-order chi connectivity index (χ1) is 8.43. The molecule has 0 fully saturated rings. The highest BCUT2D eigenvalue weighted by atomic mass is 32.1. The summed E-state index contributed by atoms with van der Waals surface area (Å²) in [5.41, 5.74) is 0. The second kappa shape index (κ2) is 6.51. The minimum atomic E-state index is -0.260. The standard InChI is InChI=1S/C12H18N2O3S/c1-7(2)9(6-15)14-12(17)10-4-5-11(18-10)13-8(3)16/h4-5,7,9,15H,6H2,1-3H3,(H,13,16)(H,14,17)/t9-/m1/s1. The quantitative estimate of drug-likeness (QED) is 0.758. The van der Waals surface area contributed by atoms with Crippen LogP contribution in [0.25, 0.3) is 0 Å². The molecule has 0 saturated heterocycles. The molecule has 1 aromatic heterocycles. The zero-order valence-corrected chi connectivity index (χ0v) is 11.5. The number of aliphatic hydroxyl groups is 1. The van der Waals surface area contributed by atoms with E-state index in [1.54, 1.807) is 12.1 Å². The molecule has 6 heteroatoms. The number of hydrogen-bond acceptors (Lipinski definition) is 4. The molecule has 0 radical (unpaired) electrons. The lowest BCUT2D eigenvalue weighted by atomic mass is 10.1. The van der Waals surface area contributed by atoms with E-state index in [0.29, 0.717) is 9.88 Å². The third-order valence-corrected chi connectivity index (χ3v) is 3.45. The van der Waals surface area contributed by atoms with Crippen LogP contribution in [0, 0.1) is 5.92 Å². The summed E-state index contributed by atoms with van der Waals surface area (Å²) < 4.78 is 0. The minimum Gasteiger partial charge on any atom is -0.394 e. The van der Waals surface area contributed by atoms with Crippen LogP contribution in [0.2, 0.25) is 0 Å². The number of carbonyl (C=O) groups excluding carboxylic acids is 2. The molecule has 3 N–H and O–H groups in total. The highest BCUT2D eigenvalue weighted by Gasteiger charge is 2.17. The predicted molar refractivity (Wildman–Crippen MR) is 71.8 cm³/mol. The average molecular weight is 270 g/mol. The maximum Gasteiger partial charge on any atom is 0.261 e. The molecule has 0 aliphatic carbocycles. The van der Waals surface area contributed by atoms with Crippen LogP contribution in [0.5, 0.6) is 0 Å². The van der Waals surface area contributed by atoms with Crippen molar-refractivity contribution < 1.29 is 14.7 Å².